The summed E-state index contributed by atoms with van der Waals surface area (Å²) in [7, 11) is 0. The molecule has 92 valence electrons. The summed E-state index contributed by atoms with van der Waals surface area (Å²) in [5.74, 6) is 1.76. The quantitative estimate of drug-likeness (QED) is 0.839. The molecule has 3 heterocycles. The zero-order valence-electron chi connectivity index (χ0n) is 9.76. The van der Waals surface area contributed by atoms with Gasteiger partial charge in [-0.1, -0.05) is 5.16 Å². The molecule has 4 rings (SSSR count). The molecule has 5 nitrogen and oxygen atoms in total. The first-order chi connectivity index (χ1) is 8.24. The zero-order valence-corrected chi connectivity index (χ0v) is 9.76. The van der Waals surface area contributed by atoms with Gasteiger partial charge in [0.2, 0.25) is 5.89 Å². The molecule has 2 N–H and O–H groups in total. The lowest BCUT2D eigenvalue weighted by Gasteiger charge is -2.33. The van der Waals surface area contributed by atoms with Gasteiger partial charge in [0.15, 0.2) is 5.82 Å². The van der Waals surface area contributed by atoms with Crippen molar-refractivity contribution in [3.05, 3.63) is 11.7 Å². The van der Waals surface area contributed by atoms with E-state index in [0.717, 1.165) is 37.9 Å². The third-order valence-corrected chi connectivity index (χ3v) is 4.55. The van der Waals surface area contributed by atoms with Crippen LogP contribution in [0.2, 0.25) is 0 Å². The molecule has 0 aromatic carbocycles. The van der Waals surface area contributed by atoms with Gasteiger partial charge in [0.05, 0.1) is 23.7 Å². The molecule has 1 aromatic rings. The third-order valence-electron chi connectivity index (χ3n) is 4.55. The average Bonchev–Trinajstić information content (AvgIpc) is 3.00. The maximum absolute atomic E-state index is 6.18. The minimum absolute atomic E-state index is 0.306. The summed E-state index contributed by atoms with van der Waals surface area (Å²) in [6, 6.07) is 0. The molecule has 1 aromatic heterocycles. The topological polar surface area (TPSA) is 74.2 Å². The van der Waals surface area contributed by atoms with E-state index in [1.165, 1.54) is 6.42 Å². The van der Waals surface area contributed by atoms with E-state index >= 15 is 0 Å². The fraction of sp³-hybridized carbons (Fsp3) is 0.833. The molecule has 0 amide bonds. The number of nitrogens with zero attached hydrogens (tertiary/aromatic N) is 2. The van der Waals surface area contributed by atoms with Crippen LogP contribution < -0.4 is 5.73 Å². The van der Waals surface area contributed by atoms with Crippen LogP contribution in [0.3, 0.4) is 0 Å². The van der Waals surface area contributed by atoms with E-state index in [0.29, 0.717) is 24.0 Å². The summed E-state index contributed by atoms with van der Waals surface area (Å²) in [6.07, 6.45) is 7.17. The SMILES string of the molecule is NC1(c2nc(C3CC4CCC3O4)no2)CCC1. The third kappa shape index (κ3) is 1.39. The lowest BCUT2D eigenvalue weighted by molar-refractivity contribution is 0.0996. The number of hydrogen-bond donors (Lipinski definition) is 1. The predicted octanol–water partition coefficient (Wildman–Crippen LogP) is 1.44. The molecule has 1 saturated carbocycles. The molecular formula is C12H17N3O2. The first kappa shape index (κ1) is 10.0. The first-order valence-corrected chi connectivity index (χ1v) is 6.53. The Hall–Kier alpha value is -0.940. The van der Waals surface area contributed by atoms with Gasteiger partial charge in [0.25, 0.3) is 0 Å². The van der Waals surface area contributed by atoms with E-state index in [9.17, 15) is 0 Å². The van der Waals surface area contributed by atoms with Crippen molar-refractivity contribution in [2.45, 2.75) is 62.2 Å². The summed E-state index contributed by atoms with van der Waals surface area (Å²) in [5.41, 5.74) is 5.84. The van der Waals surface area contributed by atoms with Crippen LogP contribution >= 0.6 is 0 Å². The highest BCUT2D eigenvalue weighted by Gasteiger charge is 2.45. The van der Waals surface area contributed by atoms with Crippen molar-refractivity contribution in [2.24, 2.45) is 5.73 Å². The fourth-order valence-electron chi connectivity index (χ4n) is 3.27. The van der Waals surface area contributed by atoms with Crippen LogP contribution in [0.25, 0.3) is 0 Å². The predicted molar refractivity (Wildman–Crippen MR) is 59.3 cm³/mol. The molecular weight excluding hydrogens is 218 g/mol. The number of nitrogens with two attached hydrogens (primary N) is 1. The van der Waals surface area contributed by atoms with Crippen molar-refractivity contribution in [3.8, 4) is 0 Å². The van der Waals surface area contributed by atoms with Crippen LogP contribution in [0.4, 0.5) is 0 Å². The van der Waals surface area contributed by atoms with Crippen LogP contribution in [0, 0.1) is 0 Å². The van der Waals surface area contributed by atoms with E-state index in [1.807, 2.05) is 0 Å². The molecule has 3 aliphatic rings. The lowest BCUT2D eigenvalue weighted by Crippen LogP contribution is -2.43. The van der Waals surface area contributed by atoms with Crippen LogP contribution in [-0.4, -0.2) is 22.3 Å². The summed E-state index contributed by atoms with van der Waals surface area (Å²) >= 11 is 0. The Kier molecular flexibility index (Phi) is 1.94. The zero-order chi connectivity index (χ0) is 11.5. The molecule has 5 heteroatoms. The monoisotopic (exact) mass is 235 g/mol. The fourth-order valence-corrected chi connectivity index (χ4v) is 3.27. The Morgan fingerprint density at radius 1 is 1.29 bits per heavy atom. The summed E-state index contributed by atoms with van der Waals surface area (Å²) in [6.45, 7) is 0. The van der Waals surface area contributed by atoms with Crippen molar-refractivity contribution in [2.75, 3.05) is 0 Å². The highest BCUT2D eigenvalue weighted by Crippen LogP contribution is 2.44. The van der Waals surface area contributed by atoms with E-state index in [-0.39, 0.29) is 5.54 Å². The summed E-state index contributed by atoms with van der Waals surface area (Å²) in [5, 5.41) is 4.12. The van der Waals surface area contributed by atoms with Gasteiger partial charge in [-0.15, -0.1) is 0 Å². The van der Waals surface area contributed by atoms with Gasteiger partial charge in [0.1, 0.15) is 0 Å². The van der Waals surface area contributed by atoms with E-state index in [1.54, 1.807) is 0 Å². The van der Waals surface area contributed by atoms with E-state index < -0.39 is 0 Å². The Bertz CT molecular complexity index is 441. The average molecular weight is 235 g/mol. The smallest absolute Gasteiger partial charge is 0.246 e. The number of ether oxygens (including phenoxy) is 1. The second-order valence-electron chi connectivity index (χ2n) is 5.68. The summed E-state index contributed by atoms with van der Waals surface area (Å²) < 4.78 is 11.2. The van der Waals surface area contributed by atoms with E-state index in [4.69, 9.17) is 15.0 Å². The van der Waals surface area contributed by atoms with Crippen molar-refractivity contribution in [3.63, 3.8) is 0 Å². The molecule has 0 radical (unpaired) electrons. The molecule has 1 aliphatic carbocycles. The van der Waals surface area contributed by atoms with Crippen LogP contribution in [0.15, 0.2) is 4.52 Å². The van der Waals surface area contributed by atoms with Gasteiger partial charge >= 0.3 is 0 Å². The van der Waals surface area contributed by atoms with Gasteiger partial charge in [-0.05, 0) is 38.5 Å². The Labute approximate surface area is 99.7 Å². The maximum Gasteiger partial charge on any atom is 0.246 e. The van der Waals surface area contributed by atoms with Crippen molar-refractivity contribution < 1.29 is 9.26 Å². The normalized spacial score (nSPS) is 38.3. The minimum Gasteiger partial charge on any atom is -0.374 e. The maximum atomic E-state index is 6.18. The van der Waals surface area contributed by atoms with Crippen LogP contribution in [-0.2, 0) is 10.3 Å². The molecule has 3 fully saturated rings. The standard InChI is InChI=1S/C12H17N3O2/c13-12(4-1-5-12)11-14-10(15-17-11)8-6-7-2-3-9(8)16-7/h7-9H,1-6,13H2. The Morgan fingerprint density at radius 2 is 2.18 bits per heavy atom. The number of aromatic nitrogens is 2. The van der Waals surface area contributed by atoms with Crippen LogP contribution in [0.1, 0.15) is 56.2 Å². The first-order valence-electron chi connectivity index (χ1n) is 6.53. The Balaban J connectivity index is 1.59. The Morgan fingerprint density at radius 3 is 2.76 bits per heavy atom. The van der Waals surface area contributed by atoms with Gasteiger partial charge < -0.3 is 15.0 Å². The van der Waals surface area contributed by atoms with Crippen molar-refractivity contribution in [1.29, 1.82) is 0 Å². The lowest BCUT2D eigenvalue weighted by atomic mass is 9.77. The minimum atomic E-state index is -0.344. The van der Waals surface area contributed by atoms with Gasteiger partial charge in [-0.2, -0.15) is 4.98 Å². The number of rotatable bonds is 2. The number of fused-ring (bicyclic) bond motifs is 2. The largest absolute Gasteiger partial charge is 0.374 e. The molecule has 2 bridgehead atoms. The second kappa shape index (κ2) is 3.29. The second-order valence-corrected chi connectivity index (χ2v) is 5.68. The highest BCUT2D eigenvalue weighted by molar-refractivity contribution is 5.12. The molecule has 3 atom stereocenters. The van der Waals surface area contributed by atoms with Gasteiger partial charge in [0, 0.05) is 0 Å². The molecule has 0 spiro atoms. The van der Waals surface area contributed by atoms with Crippen molar-refractivity contribution >= 4 is 0 Å². The van der Waals surface area contributed by atoms with Gasteiger partial charge in [-0.25, -0.2) is 0 Å². The molecule has 2 aliphatic heterocycles. The highest BCUT2D eigenvalue weighted by atomic mass is 16.5. The molecule has 17 heavy (non-hydrogen) atoms. The summed E-state index contributed by atoms with van der Waals surface area (Å²) in [4.78, 5) is 4.52. The number of hydrogen-bond acceptors (Lipinski definition) is 5. The molecule has 3 unspecified atom stereocenters. The molecule has 2 saturated heterocycles. The van der Waals surface area contributed by atoms with E-state index in [2.05, 4.69) is 10.1 Å². The van der Waals surface area contributed by atoms with Crippen LogP contribution in [0.5, 0.6) is 0 Å². The van der Waals surface area contributed by atoms with Crippen molar-refractivity contribution in [1.82, 2.24) is 10.1 Å². The van der Waals surface area contributed by atoms with Gasteiger partial charge in [-0.3, -0.25) is 0 Å².